The normalized spacial score (nSPS) is 14.4. The van der Waals surface area contributed by atoms with Crippen LogP contribution in [-0.4, -0.2) is 9.13 Å². The van der Waals surface area contributed by atoms with Gasteiger partial charge in [0.2, 0.25) is 0 Å². The molecule has 0 radical (unpaired) electrons. The lowest BCUT2D eigenvalue weighted by atomic mass is 9.91. The fourth-order valence-electron chi connectivity index (χ4n) is 11.1. The molecule has 12 aromatic rings. The summed E-state index contributed by atoms with van der Waals surface area (Å²) in [4.78, 5) is 0. The Bertz CT molecular complexity index is 3980. The van der Waals surface area contributed by atoms with E-state index in [9.17, 15) is 0 Å². The van der Waals surface area contributed by atoms with E-state index in [-0.39, 0.29) is 6.04 Å². The molecular formula is C62H40N2. The summed E-state index contributed by atoms with van der Waals surface area (Å²) in [6.07, 6.45) is 8.07. The van der Waals surface area contributed by atoms with Crippen molar-refractivity contribution in [3.63, 3.8) is 0 Å². The molecule has 14 rings (SSSR count). The van der Waals surface area contributed by atoms with Crippen LogP contribution in [0.25, 0.3) is 121 Å². The summed E-state index contributed by atoms with van der Waals surface area (Å²) in [6, 6.07) is 77.0. The summed E-state index contributed by atoms with van der Waals surface area (Å²) in [5.74, 6) is 0. The topological polar surface area (TPSA) is 9.86 Å². The number of nitrogens with zero attached hydrogens (tertiary/aromatic N) is 2. The van der Waals surface area contributed by atoms with Crippen LogP contribution in [0.15, 0.2) is 224 Å². The third-order valence-electron chi connectivity index (χ3n) is 14.2. The predicted molar refractivity (Wildman–Crippen MR) is 271 cm³/mol. The Labute approximate surface area is 370 Å². The molecule has 0 spiro atoms. The first-order chi connectivity index (χ1) is 31.7. The van der Waals surface area contributed by atoms with Gasteiger partial charge in [0.05, 0.1) is 22.8 Å². The third kappa shape index (κ3) is 5.26. The minimum Gasteiger partial charge on any atom is -0.333 e. The van der Waals surface area contributed by atoms with Crippen molar-refractivity contribution in [3.05, 3.63) is 230 Å². The summed E-state index contributed by atoms with van der Waals surface area (Å²) in [5, 5.41) is 10.2. The maximum absolute atomic E-state index is 2.54. The van der Waals surface area contributed by atoms with Crippen molar-refractivity contribution >= 4 is 70.7 Å². The van der Waals surface area contributed by atoms with Gasteiger partial charge in [-0.2, -0.15) is 0 Å². The first-order valence-corrected chi connectivity index (χ1v) is 22.4. The van der Waals surface area contributed by atoms with Crippen molar-refractivity contribution < 1.29 is 0 Å². The van der Waals surface area contributed by atoms with Crippen molar-refractivity contribution in [1.82, 2.24) is 9.13 Å². The molecule has 0 bridgehead atoms. The van der Waals surface area contributed by atoms with Crippen molar-refractivity contribution in [2.75, 3.05) is 0 Å². The standard InChI is InChI=1S/C62H40N2/c1-2-11-43-34-46(25-24-39(43)10-1)42-26-30-49(31-27-42)63-58-18-7-6-15-51(58)56-37-47(28-32-60(56)63)40-20-22-41(23-21-40)48-29-33-61-57(38-48)53-17-9-16-52-55-36-45-13-4-3-12-44(45)35-54(55)50-14-5-8-19-59(50)64(61)62(52)53/h1-30,32-38,49H,31H2. The molecular weight excluding hydrogens is 773 g/mol. The van der Waals surface area contributed by atoms with E-state index in [1.54, 1.807) is 0 Å². The maximum atomic E-state index is 2.54. The maximum Gasteiger partial charge on any atom is 0.0619 e. The van der Waals surface area contributed by atoms with Crippen molar-refractivity contribution in [2.24, 2.45) is 0 Å². The molecule has 1 aliphatic carbocycles. The van der Waals surface area contributed by atoms with Crippen LogP contribution in [0.4, 0.5) is 0 Å². The fourth-order valence-corrected chi connectivity index (χ4v) is 11.1. The van der Waals surface area contributed by atoms with Crippen LogP contribution < -0.4 is 0 Å². The SMILES string of the molecule is C1=CC(n2c3ccccc3c3cc(-c4ccc(-c5ccc6c(c5)c5cccc7c5n6-c5ccccc5-c5cc6ccccc6cc5-7)cc4)ccc32)CC=C1c1ccc2ccccc2c1. The molecule has 0 saturated heterocycles. The first-order valence-electron chi connectivity index (χ1n) is 22.4. The Morgan fingerprint density at radius 3 is 1.67 bits per heavy atom. The van der Waals surface area contributed by atoms with Crippen molar-refractivity contribution in [1.29, 1.82) is 0 Å². The highest BCUT2D eigenvalue weighted by Gasteiger charge is 2.25. The van der Waals surface area contributed by atoms with Gasteiger partial charge in [0.1, 0.15) is 0 Å². The van der Waals surface area contributed by atoms with Gasteiger partial charge in [-0.3, -0.25) is 0 Å². The lowest BCUT2D eigenvalue weighted by Crippen LogP contribution is -2.08. The summed E-state index contributed by atoms with van der Waals surface area (Å²) < 4.78 is 5.05. The van der Waals surface area contributed by atoms with Crippen LogP contribution in [-0.2, 0) is 0 Å². The summed E-state index contributed by atoms with van der Waals surface area (Å²) in [6.45, 7) is 0. The average Bonchev–Trinajstić information content (AvgIpc) is 3.84. The Hall–Kier alpha value is -8.20. The molecule has 1 aliphatic heterocycles. The number of allylic oxidation sites excluding steroid dienone is 4. The quantitative estimate of drug-likeness (QED) is 0.168. The van der Waals surface area contributed by atoms with Crippen LogP contribution in [0.1, 0.15) is 18.0 Å². The number of rotatable bonds is 4. The second-order valence-corrected chi connectivity index (χ2v) is 17.6. The molecule has 1 unspecified atom stereocenters. The molecule has 3 heterocycles. The zero-order valence-corrected chi connectivity index (χ0v) is 35.0. The third-order valence-corrected chi connectivity index (χ3v) is 14.2. The smallest absolute Gasteiger partial charge is 0.0619 e. The molecule has 2 nitrogen and oxygen atoms in total. The lowest BCUT2D eigenvalue weighted by molar-refractivity contribution is 0.649. The Morgan fingerprint density at radius 2 is 0.922 bits per heavy atom. The number of aromatic nitrogens is 2. The number of fused-ring (bicyclic) bond motifs is 13. The number of hydrogen-bond acceptors (Lipinski definition) is 0. The van der Waals surface area contributed by atoms with E-state index in [1.165, 1.54) is 126 Å². The van der Waals surface area contributed by atoms with Crippen LogP contribution in [0.2, 0.25) is 0 Å². The van der Waals surface area contributed by atoms with E-state index < -0.39 is 0 Å². The summed E-state index contributed by atoms with van der Waals surface area (Å²) in [7, 11) is 0. The molecule has 64 heavy (non-hydrogen) atoms. The summed E-state index contributed by atoms with van der Waals surface area (Å²) >= 11 is 0. The Kier molecular flexibility index (Phi) is 7.55. The van der Waals surface area contributed by atoms with Crippen LogP contribution in [0.3, 0.4) is 0 Å². The number of benzene rings is 10. The lowest BCUT2D eigenvalue weighted by Gasteiger charge is -2.21. The van der Waals surface area contributed by atoms with Gasteiger partial charge in [0, 0.05) is 43.7 Å². The highest BCUT2D eigenvalue weighted by molar-refractivity contribution is 6.18. The largest absolute Gasteiger partial charge is 0.333 e. The highest BCUT2D eigenvalue weighted by atomic mass is 15.0. The Morgan fingerprint density at radius 1 is 0.359 bits per heavy atom. The second kappa shape index (κ2) is 13.6. The van der Waals surface area contributed by atoms with Crippen molar-refractivity contribution in [2.45, 2.75) is 12.5 Å². The molecule has 0 fully saturated rings. The fraction of sp³-hybridized carbons (Fsp3) is 0.0323. The zero-order chi connectivity index (χ0) is 41.9. The minimum atomic E-state index is 0.239. The molecule has 2 aliphatic rings. The van der Waals surface area contributed by atoms with E-state index in [0.717, 1.165) is 6.42 Å². The molecule has 2 heteroatoms. The van der Waals surface area contributed by atoms with E-state index in [1.807, 2.05) is 0 Å². The van der Waals surface area contributed by atoms with Gasteiger partial charge in [0.15, 0.2) is 0 Å². The second-order valence-electron chi connectivity index (χ2n) is 17.6. The van der Waals surface area contributed by atoms with Gasteiger partial charge in [-0.05, 0) is 127 Å². The van der Waals surface area contributed by atoms with E-state index >= 15 is 0 Å². The Balaban J connectivity index is 0.818. The van der Waals surface area contributed by atoms with Gasteiger partial charge in [-0.15, -0.1) is 0 Å². The number of hydrogen-bond donors (Lipinski definition) is 0. The van der Waals surface area contributed by atoms with Crippen molar-refractivity contribution in [3.8, 4) is 50.2 Å². The zero-order valence-electron chi connectivity index (χ0n) is 35.0. The van der Waals surface area contributed by atoms with Gasteiger partial charge in [-0.1, -0.05) is 170 Å². The molecule has 0 saturated carbocycles. The van der Waals surface area contributed by atoms with Gasteiger partial charge in [0.25, 0.3) is 0 Å². The predicted octanol–water partition coefficient (Wildman–Crippen LogP) is 16.8. The van der Waals surface area contributed by atoms with E-state index in [0.29, 0.717) is 0 Å². The van der Waals surface area contributed by atoms with Crippen LogP contribution >= 0.6 is 0 Å². The van der Waals surface area contributed by atoms with Crippen LogP contribution in [0.5, 0.6) is 0 Å². The average molecular weight is 813 g/mol. The number of para-hydroxylation sites is 3. The molecule has 2 aromatic heterocycles. The molecule has 298 valence electrons. The van der Waals surface area contributed by atoms with Crippen LogP contribution in [0, 0.1) is 0 Å². The summed E-state index contributed by atoms with van der Waals surface area (Å²) in [5.41, 5.74) is 18.8. The van der Waals surface area contributed by atoms with Gasteiger partial charge < -0.3 is 9.13 Å². The minimum absolute atomic E-state index is 0.239. The monoisotopic (exact) mass is 812 g/mol. The molecule has 1 atom stereocenters. The van der Waals surface area contributed by atoms with Gasteiger partial charge in [-0.25, -0.2) is 0 Å². The molecule has 10 aromatic carbocycles. The van der Waals surface area contributed by atoms with Gasteiger partial charge >= 0.3 is 0 Å². The molecule has 0 amide bonds. The van der Waals surface area contributed by atoms with E-state index in [2.05, 4.69) is 234 Å². The first kappa shape index (κ1) is 35.4. The highest BCUT2D eigenvalue weighted by Crippen LogP contribution is 2.48. The van der Waals surface area contributed by atoms with E-state index in [4.69, 9.17) is 0 Å². The molecule has 0 N–H and O–H groups in total.